The smallest absolute Gasteiger partial charge is 0.146 e. The minimum Gasteiger partial charge on any atom is -0.393 e. The zero-order valence-corrected chi connectivity index (χ0v) is 8.77. The first-order valence-corrected chi connectivity index (χ1v) is 5.19. The van der Waals surface area contributed by atoms with Gasteiger partial charge in [0.15, 0.2) is 0 Å². The van der Waals surface area contributed by atoms with E-state index in [-0.39, 0.29) is 6.10 Å². The lowest BCUT2D eigenvalue weighted by molar-refractivity contribution is 0.0486. The normalized spacial score (nSPS) is 24.4. The first-order valence-electron chi connectivity index (χ1n) is 5.19. The minimum atomic E-state index is -0.0912. The van der Waals surface area contributed by atoms with Crippen LogP contribution < -0.4 is 10.6 Å². The summed E-state index contributed by atoms with van der Waals surface area (Å²) < 4.78 is 0. The molecule has 0 atom stereocenters. The standard InChI is InChI=1S/C10H16N4O/c1-11-9-5-12-6-10(14-9)13-4-7-2-8(15)3-7/h5-8,15H,2-4H2,1H3,(H2,11,13,14). The van der Waals surface area contributed by atoms with E-state index in [0.29, 0.717) is 5.92 Å². The molecule has 82 valence electrons. The number of aliphatic hydroxyl groups excluding tert-OH is 1. The van der Waals surface area contributed by atoms with E-state index < -0.39 is 0 Å². The molecule has 2 rings (SSSR count). The zero-order valence-electron chi connectivity index (χ0n) is 8.77. The molecule has 1 aliphatic carbocycles. The molecule has 3 N–H and O–H groups in total. The zero-order chi connectivity index (χ0) is 10.7. The highest BCUT2D eigenvalue weighted by Gasteiger charge is 2.26. The monoisotopic (exact) mass is 208 g/mol. The summed E-state index contributed by atoms with van der Waals surface area (Å²) >= 11 is 0. The van der Waals surface area contributed by atoms with Crippen molar-refractivity contribution in [3.63, 3.8) is 0 Å². The Hall–Kier alpha value is -1.36. The molecule has 5 nitrogen and oxygen atoms in total. The van der Waals surface area contributed by atoms with Crippen molar-refractivity contribution in [2.45, 2.75) is 18.9 Å². The van der Waals surface area contributed by atoms with E-state index in [9.17, 15) is 0 Å². The summed E-state index contributed by atoms with van der Waals surface area (Å²) in [5.41, 5.74) is 0. The second-order valence-electron chi connectivity index (χ2n) is 3.91. The lowest BCUT2D eigenvalue weighted by Crippen LogP contribution is -2.33. The van der Waals surface area contributed by atoms with Crippen LogP contribution in [0.4, 0.5) is 11.6 Å². The Kier molecular flexibility index (Phi) is 3.01. The van der Waals surface area contributed by atoms with E-state index in [0.717, 1.165) is 31.0 Å². The second-order valence-corrected chi connectivity index (χ2v) is 3.91. The van der Waals surface area contributed by atoms with Crippen LogP contribution in [0.2, 0.25) is 0 Å². The Balaban J connectivity index is 1.82. The molecule has 1 aromatic rings. The maximum atomic E-state index is 9.13. The summed E-state index contributed by atoms with van der Waals surface area (Å²) in [5.74, 6) is 2.11. The molecule has 15 heavy (non-hydrogen) atoms. The molecule has 1 aromatic heterocycles. The van der Waals surface area contributed by atoms with Gasteiger partial charge < -0.3 is 15.7 Å². The molecule has 0 unspecified atom stereocenters. The maximum absolute atomic E-state index is 9.13. The molecule has 5 heteroatoms. The molecule has 0 bridgehead atoms. The average molecular weight is 208 g/mol. The number of aromatic nitrogens is 2. The Morgan fingerprint density at radius 2 is 2.13 bits per heavy atom. The van der Waals surface area contributed by atoms with Crippen molar-refractivity contribution >= 4 is 11.6 Å². The Bertz CT molecular complexity index is 325. The molecule has 1 saturated carbocycles. The van der Waals surface area contributed by atoms with Gasteiger partial charge in [0, 0.05) is 13.6 Å². The van der Waals surface area contributed by atoms with Gasteiger partial charge in [0.1, 0.15) is 11.6 Å². The lowest BCUT2D eigenvalue weighted by atomic mass is 9.82. The number of hydrogen-bond acceptors (Lipinski definition) is 5. The summed E-state index contributed by atoms with van der Waals surface area (Å²) in [4.78, 5) is 8.35. The fourth-order valence-electron chi connectivity index (χ4n) is 1.69. The number of anilines is 2. The molecular formula is C10H16N4O. The van der Waals surface area contributed by atoms with Crippen LogP contribution in [0.1, 0.15) is 12.8 Å². The molecule has 0 radical (unpaired) electrons. The highest BCUT2D eigenvalue weighted by atomic mass is 16.3. The third kappa shape index (κ3) is 2.56. The van der Waals surface area contributed by atoms with Crippen LogP contribution >= 0.6 is 0 Å². The van der Waals surface area contributed by atoms with Gasteiger partial charge in [0.25, 0.3) is 0 Å². The fourth-order valence-corrected chi connectivity index (χ4v) is 1.69. The van der Waals surface area contributed by atoms with Crippen molar-refractivity contribution in [2.75, 3.05) is 24.2 Å². The van der Waals surface area contributed by atoms with Crippen LogP contribution in [0.15, 0.2) is 12.4 Å². The molecule has 0 saturated heterocycles. The highest BCUT2D eigenvalue weighted by Crippen LogP contribution is 2.26. The molecule has 1 heterocycles. The van der Waals surface area contributed by atoms with Gasteiger partial charge in [-0.05, 0) is 18.8 Å². The summed E-state index contributed by atoms with van der Waals surface area (Å²) in [6.45, 7) is 0.860. The average Bonchev–Trinajstić information content (AvgIpc) is 2.23. The highest BCUT2D eigenvalue weighted by molar-refractivity contribution is 5.40. The van der Waals surface area contributed by atoms with Crippen molar-refractivity contribution in [1.82, 2.24) is 9.97 Å². The van der Waals surface area contributed by atoms with Crippen LogP contribution in [-0.4, -0.2) is 34.8 Å². The molecule has 0 spiro atoms. The van der Waals surface area contributed by atoms with E-state index in [1.54, 1.807) is 12.4 Å². The van der Waals surface area contributed by atoms with Crippen molar-refractivity contribution in [3.05, 3.63) is 12.4 Å². The van der Waals surface area contributed by atoms with E-state index >= 15 is 0 Å². The van der Waals surface area contributed by atoms with Crippen LogP contribution in [-0.2, 0) is 0 Å². The minimum absolute atomic E-state index is 0.0912. The van der Waals surface area contributed by atoms with Gasteiger partial charge in [-0.25, -0.2) is 4.98 Å². The van der Waals surface area contributed by atoms with Gasteiger partial charge in [-0.1, -0.05) is 0 Å². The summed E-state index contributed by atoms with van der Waals surface area (Å²) in [6, 6.07) is 0. The van der Waals surface area contributed by atoms with Crippen LogP contribution in [0.5, 0.6) is 0 Å². The van der Waals surface area contributed by atoms with E-state index in [1.807, 2.05) is 7.05 Å². The largest absolute Gasteiger partial charge is 0.393 e. The molecule has 0 aliphatic heterocycles. The predicted octanol–water partition coefficient (Wildman–Crippen LogP) is 0.701. The van der Waals surface area contributed by atoms with E-state index in [4.69, 9.17) is 5.11 Å². The van der Waals surface area contributed by atoms with Crippen molar-refractivity contribution in [3.8, 4) is 0 Å². The number of hydrogen-bond donors (Lipinski definition) is 3. The predicted molar refractivity (Wildman–Crippen MR) is 58.8 cm³/mol. The lowest BCUT2D eigenvalue weighted by Gasteiger charge is -2.31. The third-order valence-corrected chi connectivity index (χ3v) is 2.67. The SMILES string of the molecule is CNc1cncc(NCC2CC(O)C2)n1. The molecular weight excluding hydrogens is 192 g/mol. The van der Waals surface area contributed by atoms with Gasteiger partial charge >= 0.3 is 0 Å². The van der Waals surface area contributed by atoms with Crippen LogP contribution in [0, 0.1) is 5.92 Å². The van der Waals surface area contributed by atoms with Crippen molar-refractivity contribution in [2.24, 2.45) is 5.92 Å². The molecule has 0 aromatic carbocycles. The number of nitrogens with zero attached hydrogens (tertiary/aromatic N) is 2. The number of nitrogens with one attached hydrogen (secondary N) is 2. The summed E-state index contributed by atoms with van der Waals surface area (Å²) in [7, 11) is 1.82. The fraction of sp³-hybridized carbons (Fsp3) is 0.600. The molecule has 1 aliphatic rings. The van der Waals surface area contributed by atoms with Gasteiger partial charge in [-0.2, -0.15) is 0 Å². The third-order valence-electron chi connectivity index (χ3n) is 2.67. The quantitative estimate of drug-likeness (QED) is 0.679. The molecule has 0 amide bonds. The summed E-state index contributed by atoms with van der Waals surface area (Å²) in [6.07, 6.45) is 5.08. The van der Waals surface area contributed by atoms with Crippen LogP contribution in [0.3, 0.4) is 0 Å². The molecule has 1 fully saturated rings. The second kappa shape index (κ2) is 4.44. The van der Waals surface area contributed by atoms with Gasteiger partial charge in [-0.3, -0.25) is 4.98 Å². The Labute approximate surface area is 88.9 Å². The van der Waals surface area contributed by atoms with Gasteiger partial charge in [0.2, 0.25) is 0 Å². The maximum Gasteiger partial charge on any atom is 0.146 e. The van der Waals surface area contributed by atoms with Gasteiger partial charge in [0.05, 0.1) is 18.5 Å². The van der Waals surface area contributed by atoms with E-state index in [1.165, 1.54) is 0 Å². The Morgan fingerprint density at radius 3 is 2.80 bits per heavy atom. The number of rotatable bonds is 4. The van der Waals surface area contributed by atoms with Crippen molar-refractivity contribution < 1.29 is 5.11 Å². The van der Waals surface area contributed by atoms with Gasteiger partial charge in [-0.15, -0.1) is 0 Å². The Morgan fingerprint density at radius 1 is 1.40 bits per heavy atom. The first kappa shape index (κ1) is 10.2. The van der Waals surface area contributed by atoms with Crippen molar-refractivity contribution in [1.29, 1.82) is 0 Å². The topological polar surface area (TPSA) is 70.1 Å². The first-order chi connectivity index (χ1) is 7.28. The van der Waals surface area contributed by atoms with Crippen LogP contribution in [0.25, 0.3) is 0 Å². The number of aliphatic hydroxyl groups is 1. The summed E-state index contributed by atoms with van der Waals surface area (Å²) in [5, 5.41) is 15.3. The van der Waals surface area contributed by atoms with E-state index in [2.05, 4.69) is 20.6 Å².